The Kier molecular flexibility index (Phi) is 5.47. The topological polar surface area (TPSA) is 75.6 Å². The molecular weight excluding hydrogens is 330 g/mol. The van der Waals surface area contributed by atoms with E-state index in [1.807, 2.05) is 6.07 Å². The number of likely N-dealkylation sites (N-methyl/N-ethyl adjacent to an activating group) is 1. The van der Waals surface area contributed by atoms with Crippen LogP contribution in [-0.2, 0) is 14.3 Å². The molecule has 0 aromatic heterocycles. The third-order valence-corrected chi connectivity index (χ3v) is 3.99. The van der Waals surface area contributed by atoms with E-state index in [0.29, 0.717) is 10.6 Å². The van der Waals surface area contributed by atoms with E-state index in [-0.39, 0.29) is 6.10 Å². The molecule has 1 aliphatic rings. The third kappa shape index (κ3) is 3.52. The SMILES string of the molecule is CNC(=O)C1(OC(C)C)C=CC(c2cccc(Cl)c2)=CC1C(=O)O. The number of nitrogens with one attached hydrogen (secondary N) is 1. The molecule has 1 amide bonds. The van der Waals surface area contributed by atoms with E-state index in [4.69, 9.17) is 16.3 Å². The molecule has 1 aromatic carbocycles. The summed E-state index contributed by atoms with van der Waals surface area (Å²) < 4.78 is 5.76. The van der Waals surface area contributed by atoms with Gasteiger partial charge in [0.15, 0.2) is 5.60 Å². The Hall–Kier alpha value is -2.11. The van der Waals surface area contributed by atoms with Crippen LogP contribution < -0.4 is 5.32 Å². The van der Waals surface area contributed by atoms with Gasteiger partial charge < -0.3 is 15.2 Å². The van der Waals surface area contributed by atoms with Crippen molar-refractivity contribution in [3.63, 3.8) is 0 Å². The maximum atomic E-state index is 12.4. The molecule has 2 rings (SSSR count). The summed E-state index contributed by atoms with van der Waals surface area (Å²) in [6.45, 7) is 3.52. The zero-order valence-corrected chi connectivity index (χ0v) is 14.5. The van der Waals surface area contributed by atoms with E-state index in [2.05, 4.69) is 5.32 Å². The first-order valence-electron chi connectivity index (χ1n) is 7.60. The Morgan fingerprint density at radius 3 is 2.62 bits per heavy atom. The van der Waals surface area contributed by atoms with Crippen LogP contribution in [-0.4, -0.2) is 35.7 Å². The minimum absolute atomic E-state index is 0.324. The standard InChI is InChI=1S/C18H20ClNO4/c1-11(2)24-18(17(23)20-3)8-7-13(10-15(18)16(21)22)12-5-4-6-14(19)9-12/h4-11,15H,1-3H3,(H,20,23)(H,21,22). The largest absolute Gasteiger partial charge is 0.481 e. The number of hydrogen-bond donors (Lipinski definition) is 2. The Morgan fingerprint density at radius 2 is 2.08 bits per heavy atom. The van der Waals surface area contributed by atoms with Gasteiger partial charge in [-0.25, -0.2) is 0 Å². The molecular formula is C18H20ClNO4. The molecule has 0 fully saturated rings. The van der Waals surface area contributed by atoms with E-state index >= 15 is 0 Å². The van der Waals surface area contributed by atoms with Crippen LogP contribution in [0.2, 0.25) is 5.02 Å². The number of aliphatic carboxylic acids is 1. The van der Waals surface area contributed by atoms with Crippen molar-refractivity contribution in [1.29, 1.82) is 0 Å². The first-order chi connectivity index (χ1) is 11.3. The molecule has 24 heavy (non-hydrogen) atoms. The van der Waals surface area contributed by atoms with Gasteiger partial charge in [0.05, 0.1) is 6.10 Å². The molecule has 0 spiro atoms. The Morgan fingerprint density at radius 1 is 1.38 bits per heavy atom. The average Bonchev–Trinajstić information content (AvgIpc) is 2.53. The molecule has 0 saturated carbocycles. The summed E-state index contributed by atoms with van der Waals surface area (Å²) in [5.74, 6) is -2.79. The minimum atomic E-state index is -1.59. The van der Waals surface area contributed by atoms with Crippen molar-refractivity contribution in [3.05, 3.63) is 53.1 Å². The van der Waals surface area contributed by atoms with Gasteiger partial charge in [0.25, 0.3) is 5.91 Å². The lowest BCUT2D eigenvalue weighted by atomic mass is 9.79. The highest BCUT2D eigenvalue weighted by Crippen LogP contribution is 2.36. The monoisotopic (exact) mass is 349 g/mol. The number of carbonyl (C=O) groups excluding carboxylic acids is 1. The van der Waals surface area contributed by atoms with Crippen LogP contribution in [0, 0.1) is 5.92 Å². The molecule has 0 saturated heterocycles. The molecule has 5 nitrogen and oxygen atoms in total. The van der Waals surface area contributed by atoms with E-state index in [1.165, 1.54) is 19.2 Å². The summed E-state index contributed by atoms with van der Waals surface area (Å²) in [6, 6.07) is 7.10. The van der Waals surface area contributed by atoms with Gasteiger partial charge in [-0.05, 0) is 43.2 Å². The van der Waals surface area contributed by atoms with Gasteiger partial charge in [-0.15, -0.1) is 0 Å². The van der Waals surface area contributed by atoms with Gasteiger partial charge in [0, 0.05) is 12.1 Å². The average molecular weight is 350 g/mol. The maximum absolute atomic E-state index is 12.4. The Bertz CT molecular complexity index is 711. The van der Waals surface area contributed by atoms with Crippen LogP contribution >= 0.6 is 11.6 Å². The van der Waals surface area contributed by atoms with Crippen molar-refractivity contribution in [2.75, 3.05) is 7.05 Å². The number of ether oxygens (including phenoxy) is 1. The normalized spacial score (nSPS) is 23.0. The zero-order valence-electron chi connectivity index (χ0n) is 13.7. The first-order valence-corrected chi connectivity index (χ1v) is 7.97. The summed E-state index contributed by atoms with van der Waals surface area (Å²) in [5.41, 5.74) is -0.131. The highest BCUT2D eigenvalue weighted by atomic mass is 35.5. The van der Waals surface area contributed by atoms with E-state index in [0.717, 1.165) is 5.56 Å². The molecule has 6 heteroatoms. The molecule has 0 aliphatic heterocycles. The lowest BCUT2D eigenvalue weighted by Gasteiger charge is -2.37. The second-order valence-corrected chi connectivity index (χ2v) is 6.26. The number of rotatable bonds is 5. The van der Waals surface area contributed by atoms with Crippen molar-refractivity contribution < 1.29 is 19.4 Å². The predicted molar refractivity (Wildman–Crippen MR) is 92.7 cm³/mol. The molecule has 0 heterocycles. The summed E-state index contributed by atoms with van der Waals surface area (Å²) in [4.78, 5) is 24.3. The molecule has 2 N–H and O–H groups in total. The number of benzene rings is 1. The lowest BCUT2D eigenvalue weighted by molar-refractivity contribution is -0.164. The molecule has 2 unspecified atom stereocenters. The van der Waals surface area contributed by atoms with Crippen LogP contribution in [0.4, 0.5) is 0 Å². The van der Waals surface area contributed by atoms with Gasteiger partial charge in [-0.2, -0.15) is 0 Å². The number of carbonyl (C=O) groups is 2. The number of halogens is 1. The number of carboxylic acid groups (broad SMARTS) is 1. The molecule has 0 bridgehead atoms. The van der Waals surface area contributed by atoms with Crippen molar-refractivity contribution in [3.8, 4) is 0 Å². The van der Waals surface area contributed by atoms with E-state index in [1.54, 1.807) is 38.1 Å². The Balaban J connectivity index is 2.52. The van der Waals surface area contributed by atoms with Crippen LogP contribution in [0.3, 0.4) is 0 Å². The summed E-state index contributed by atoms with van der Waals surface area (Å²) in [7, 11) is 1.46. The van der Waals surface area contributed by atoms with Gasteiger partial charge >= 0.3 is 5.97 Å². The van der Waals surface area contributed by atoms with Crippen LogP contribution in [0.15, 0.2) is 42.5 Å². The number of carboxylic acids is 1. The van der Waals surface area contributed by atoms with Crippen molar-refractivity contribution in [2.45, 2.75) is 25.6 Å². The van der Waals surface area contributed by atoms with Crippen molar-refractivity contribution >= 4 is 29.1 Å². The minimum Gasteiger partial charge on any atom is -0.481 e. The smallest absolute Gasteiger partial charge is 0.314 e. The zero-order chi connectivity index (χ0) is 17.9. The van der Waals surface area contributed by atoms with E-state index < -0.39 is 23.4 Å². The number of amides is 1. The van der Waals surface area contributed by atoms with Gasteiger partial charge in [0.2, 0.25) is 0 Å². The van der Waals surface area contributed by atoms with Gasteiger partial charge in [0.1, 0.15) is 5.92 Å². The summed E-state index contributed by atoms with van der Waals surface area (Å²) >= 11 is 6.00. The Labute approximate surface area is 146 Å². The molecule has 1 aromatic rings. The number of allylic oxidation sites excluding steroid dienone is 2. The third-order valence-electron chi connectivity index (χ3n) is 3.76. The highest BCUT2D eigenvalue weighted by Gasteiger charge is 2.49. The second-order valence-electron chi connectivity index (χ2n) is 5.82. The summed E-state index contributed by atoms with van der Waals surface area (Å²) in [5, 5.41) is 12.7. The highest BCUT2D eigenvalue weighted by molar-refractivity contribution is 6.30. The fourth-order valence-corrected chi connectivity index (χ4v) is 2.95. The quantitative estimate of drug-likeness (QED) is 0.857. The van der Waals surface area contributed by atoms with Crippen LogP contribution in [0.5, 0.6) is 0 Å². The van der Waals surface area contributed by atoms with Crippen molar-refractivity contribution in [1.82, 2.24) is 5.32 Å². The van der Waals surface area contributed by atoms with Crippen LogP contribution in [0.1, 0.15) is 19.4 Å². The molecule has 128 valence electrons. The predicted octanol–water partition coefficient (Wildman–Crippen LogP) is 2.90. The van der Waals surface area contributed by atoms with E-state index in [9.17, 15) is 14.7 Å². The maximum Gasteiger partial charge on any atom is 0.314 e. The van der Waals surface area contributed by atoms with Gasteiger partial charge in [-0.1, -0.05) is 35.9 Å². The molecule has 0 radical (unpaired) electrons. The lowest BCUT2D eigenvalue weighted by Crippen LogP contribution is -2.55. The molecule has 1 aliphatic carbocycles. The van der Waals surface area contributed by atoms with Crippen molar-refractivity contribution in [2.24, 2.45) is 5.92 Å². The fraction of sp³-hybridized carbons (Fsp3) is 0.333. The fourth-order valence-electron chi connectivity index (χ4n) is 2.76. The summed E-state index contributed by atoms with van der Waals surface area (Å²) in [6.07, 6.45) is 4.42. The molecule has 2 atom stereocenters. The van der Waals surface area contributed by atoms with Crippen LogP contribution in [0.25, 0.3) is 5.57 Å². The number of hydrogen-bond acceptors (Lipinski definition) is 3. The second kappa shape index (κ2) is 7.20. The first kappa shape index (κ1) is 18.2. The van der Waals surface area contributed by atoms with Gasteiger partial charge in [-0.3, -0.25) is 9.59 Å².